The quantitative estimate of drug-likeness (QED) is 0.583. The third kappa shape index (κ3) is 2.29. The Hall–Kier alpha value is -1.66. The smallest absolute Gasteiger partial charge is 0.275 e. The summed E-state index contributed by atoms with van der Waals surface area (Å²) in [7, 11) is 1.45. The molecule has 6 heteroatoms. The van der Waals surface area contributed by atoms with Gasteiger partial charge in [0, 0.05) is 12.6 Å². The zero-order valence-corrected chi connectivity index (χ0v) is 9.14. The molecule has 0 amide bonds. The number of nitro groups is 1. The summed E-state index contributed by atoms with van der Waals surface area (Å²) in [5.74, 6) is 0.439. The zero-order valence-electron chi connectivity index (χ0n) is 9.14. The monoisotopic (exact) mass is 226 g/mol. The topological polar surface area (TPSA) is 98.6 Å². The van der Waals surface area contributed by atoms with Gasteiger partial charge in [0.1, 0.15) is 11.4 Å². The Bertz CT molecular complexity index is 404. The number of ether oxygens (including phenoxy) is 1. The number of rotatable bonds is 4. The minimum absolute atomic E-state index is 0.110. The first-order valence-electron chi connectivity index (χ1n) is 4.67. The lowest BCUT2D eigenvalue weighted by molar-refractivity contribution is -0.386. The molecule has 0 bridgehead atoms. The van der Waals surface area contributed by atoms with Crippen LogP contribution in [0.1, 0.15) is 12.5 Å². The van der Waals surface area contributed by atoms with Crippen LogP contribution in [0.5, 0.6) is 5.75 Å². The largest absolute Gasteiger partial charge is 0.497 e. The molecule has 0 saturated heterocycles. The lowest BCUT2D eigenvalue weighted by Crippen LogP contribution is -2.32. The number of hydrogen-bond donors (Lipinski definition) is 2. The van der Waals surface area contributed by atoms with E-state index in [2.05, 4.69) is 0 Å². The molecule has 3 N–H and O–H groups in total. The molecule has 88 valence electrons. The molecule has 0 aliphatic carbocycles. The zero-order chi connectivity index (χ0) is 12.3. The lowest BCUT2D eigenvalue weighted by atomic mass is 9.94. The first-order valence-corrected chi connectivity index (χ1v) is 4.67. The van der Waals surface area contributed by atoms with Crippen molar-refractivity contribution in [2.45, 2.75) is 12.5 Å². The standard InChI is InChI=1S/C10H14N2O4/c1-10(13,6-11)8-5-7(16-2)3-4-9(8)12(14)15/h3-5,13H,6,11H2,1-2H3. The van der Waals surface area contributed by atoms with Crippen LogP contribution >= 0.6 is 0 Å². The van der Waals surface area contributed by atoms with Gasteiger partial charge in [0.05, 0.1) is 17.6 Å². The van der Waals surface area contributed by atoms with Crippen molar-refractivity contribution in [3.63, 3.8) is 0 Å². The third-order valence-corrected chi connectivity index (χ3v) is 2.38. The Morgan fingerprint density at radius 1 is 1.62 bits per heavy atom. The average molecular weight is 226 g/mol. The second kappa shape index (κ2) is 4.46. The molecule has 0 spiro atoms. The first kappa shape index (κ1) is 12.4. The molecule has 6 nitrogen and oxygen atoms in total. The van der Waals surface area contributed by atoms with Gasteiger partial charge >= 0.3 is 0 Å². The Morgan fingerprint density at radius 3 is 2.69 bits per heavy atom. The number of methoxy groups -OCH3 is 1. The molecule has 0 saturated carbocycles. The lowest BCUT2D eigenvalue weighted by Gasteiger charge is -2.21. The number of benzene rings is 1. The second-order valence-electron chi connectivity index (χ2n) is 3.62. The fourth-order valence-electron chi connectivity index (χ4n) is 1.34. The highest BCUT2D eigenvalue weighted by atomic mass is 16.6. The highest BCUT2D eigenvalue weighted by Gasteiger charge is 2.30. The van der Waals surface area contributed by atoms with E-state index in [9.17, 15) is 15.2 Å². The van der Waals surface area contributed by atoms with Gasteiger partial charge in [0.15, 0.2) is 0 Å². The maximum atomic E-state index is 10.8. The van der Waals surface area contributed by atoms with E-state index >= 15 is 0 Å². The van der Waals surface area contributed by atoms with Crippen molar-refractivity contribution in [2.75, 3.05) is 13.7 Å². The fraction of sp³-hybridized carbons (Fsp3) is 0.400. The summed E-state index contributed by atoms with van der Waals surface area (Å²) >= 11 is 0. The number of aliphatic hydroxyl groups is 1. The van der Waals surface area contributed by atoms with Gasteiger partial charge in [-0.25, -0.2) is 0 Å². The Labute approximate surface area is 92.8 Å². The Morgan fingerprint density at radius 2 is 2.25 bits per heavy atom. The van der Waals surface area contributed by atoms with Crippen molar-refractivity contribution in [3.8, 4) is 5.75 Å². The fourth-order valence-corrected chi connectivity index (χ4v) is 1.34. The van der Waals surface area contributed by atoms with Crippen molar-refractivity contribution in [3.05, 3.63) is 33.9 Å². The molecular formula is C10H14N2O4. The molecule has 0 aliphatic rings. The van der Waals surface area contributed by atoms with Crippen LogP contribution < -0.4 is 10.5 Å². The highest BCUT2D eigenvalue weighted by Crippen LogP contribution is 2.32. The maximum Gasteiger partial charge on any atom is 0.275 e. The van der Waals surface area contributed by atoms with Crippen LogP contribution in [0.25, 0.3) is 0 Å². The van der Waals surface area contributed by atoms with Crippen molar-refractivity contribution < 1.29 is 14.8 Å². The molecule has 0 fully saturated rings. The van der Waals surface area contributed by atoms with Gasteiger partial charge < -0.3 is 15.6 Å². The van der Waals surface area contributed by atoms with Crippen molar-refractivity contribution >= 4 is 5.69 Å². The van der Waals surface area contributed by atoms with Crippen LogP contribution in [0.15, 0.2) is 18.2 Å². The van der Waals surface area contributed by atoms with E-state index in [4.69, 9.17) is 10.5 Å². The van der Waals surface area contributed by atoms with Crippen molar-refractivity contribution in [1.82, 2.24) is 0 Å². The summed E-state index contributed by atoms with van der Waals surface area (Å²) in [6.45, 7) is 1.32. The summed E-state index contributed by atoms with van der Waals surface area (Å²) in [5.41, 5.74) is 3.92. The minimum atomic E-state index is -1.45. The number of hydrogen-bond acceptors (Lipinski definition) is 5. The highest BCUT2D eigenvalue weighted by molar-refractivity contribution is 5.48. The van der Waals surface area contributed by atoms with Crippen LogP contribution in [0.2, 0.25) is 0 Å². The molecule has 1 rings (SSSR count). The van der Waals surface area contributed by atoms with E-state index in [1.54, 1.807) is 0 Å². The third-order valence-electron chi connectivity index (χ3n) is 2.38. The van der Waals surface area contributed by atoms with E-state index in [0.717, 1.165) is 0 Å². The number of nitrogens with two attached hydrogens (primary N) is 1. The molecule has 1 atom stereocenters. The Kier molecular flexibility index (Phi) is 3.46. The van der Waals surface area contributed by atoms with E-state index in [1.165, 1.54) is 32.2 Å². The van der Waals surface area contributed by atoms with Crippen LogP contribution in [0.3, 0.4) is 0 Å². The average Bonchev–Trinajstić information content (AvgIpc) is 2.28. The van der Waals surface area contributed by atoms with Gasteiger partial charge in [-0.1, -0.05) is 0 Å². The van der Waals surface area contributed by atoms with Crippen LogP contribution in [-0.2, 0) is 5.60 Å². The summed E-state index contributed by atoms with van der Waals surface area (Å²) in [5, 5.41) is 20.8. The van der Waals surface area contributed by atoms with Crippen molar-refractivity contribution in [2.24, 2.45) is 5.73 Å². The second-order valence-corrected chi connectivity index (χ2v) is 3.62. The van der Waals surface area contributed by atoms with Gasteiger partial charge in [-0.15, -0.1) is 0 Å². The summed E-state index contributed by atoms with van der Waals surface area (Å²) in [6, 6.07) is 4.18. The summed E-state index contributed by atoms with van der Waals surface area (Å²) in [6.07, 6.45) is 0. The SMILES string of the molecule is COc1ccc([N+](=O)[O-])c(C(C)(O)CN)c1. The van der Waals surface area contributed by atoms with Gasteiger partial charge in [-0.05, 0) is 19.1 Å². The molecular weight excluding hydrogens is 212 g/mol. The molecule has 0 radical (unpaired) electrons. The predicted molar refractivity (Wildman–Crippen MR) is 58.3 cm³/mol. The van der Waals surface area contributed by atoms with Crippen molar-refractivity contribution in [1.29, 1.82) is 0 Å². The molecule has 1 aromatic carbocycles. The van der Waals surface area contributed by atoms with Gasteiger partial charge in [-0.3, -0.25) is 10.1 Å². The summed E-state index contributed by atoms with van der Waals surface area (Å²) in [4.78, 5) is 10.2. The summed E-state index contributed by atoms with van der Waals surface area (Å²) < 4.78 is 4.95. The molecule has 0 aliphatic heterocycles. The molecule has 1 unspecified atom stereocenters. The van der Waals surface area contributed by atoms with E-state index in [-0.39, 0.29) is 17.8 Å². The van der Waals surface area contributed by atoms with Crippen LogP contribution in [0, 0.1) is 10.1 Å². The van der Waals surface area contributed by atoms with Gasteiger partial charge in [0.25, 0.3) is 5.69 Å². The van der Waals surface area contributed by atoms with Crippen LogP contribution in [-0.4, -0.2) is 23.7 Å². The predicted octanol–water partition coefficient (Wildman–Crippen LogP) is 0.770. The Balaban J connectivity index is 3.37. The number of nitrogens with zero attached hydrogens (tertiary/aromatic N) is 1. The van der Waals surface area contributed by atoms with E-state index in [0.29, 0.717) is 5.75 Å². The normalized spacial score (nSPS) is 14.2. The van der Waals surface area contributed by atoms with Gasteiger partial charge in [0.2, 0.25) is 0 Å². The molecule has 0 heterocycles. The maximum absolute atomic E-state index is 10.8. The van der Waals surface area contributed by atoms with Crippen LogP contribution in [0.4, 0.5) is 5.69 Å². The molecule has 16 heavy (non-hydrogen) atoms. The number of nitro benzene ring substituents is 1. The van der Waals surface area contributed by atoms with Gasteiger partial charge in [-0.2, -0.15) is 0 Å². The first-order chi connectivity index (χ1) is 7.42. The van der Waals surface area contributed by atoms with E-state index in [1.807, 2.05) is 0 Å². The minimum Gasteiger partial charge on any atom is -0.497 e. The molecule has 1 aromatic rings. The molecule has 0 aromatic heterocycles. The van der Waals surface area contributed by atoms with E-state index < -0.39 is 10.5 Å².